The number of thiocarbonyl (C=S) groups is 1. The van der Waals surface area contributed by atoms with E-state index in [1.807, 2.05) is 0 Å². The molecule has 6 nitrogen and oxygen atoms in total. The van der Waals surface area contributed by atoms with Gasteiger partial charge in [0, 0.05) is 6.42 Å². The lowest BCUT2D eigenvalue weighted by Gasteiger charge is -2.04. The van der Waals surface area contributed by atoms with E-state index >= 15 is 0 Å². The van der Waals surface area contributed by atoms with E-state index in [0.29, 0.717) is 27.9 Å². The minimum absolute atomic E-state index is 0.163. The number of rotatable bonds is 5. The Kier molecular flexibility index (Phi) is 5.78. The highest BCUT2D eigenvalue weighted by Crippen LogP contribution is 2.23. The summed E-state index contributed by atoms with van der Waals surface area (Å²) in [6.45, 7) is 3.47. The molecular formula is C15H15N3O3S2. The molecular weight excluding hydrogens is 334 g/mol. The number of nitrogens with one attached hydrogen (secondary N) is 2. The van der Waals surface area contributed by atoms with E-state index in [1.165, 1.54) is 23.7 Å². The van der Waals surface area contributed by atoms with Crippen molar-refractivity contribution in [3.63, 3.8) is 0 Å². The second kappa shape index (κ2) is 7.80. The molecule has 2 heterocycles. The second-order valence-corrected chi connectivity index (χ2v) is 5.91. The van der Waals surface area contributed by atoms with Gasteiger partial charge in [0.15, 0.2) is 16.0 Å². The zero-order valence-electron chi connectivity index (χ0n) is 12.6. The van der Waals surface area contributed by atoms with Crippen LogP contribution in [0.25, 0.3) is 6.08 Å². The maximum Gasteiger partial charge on any atom is 0.225 e. The number of carbonyl (C=O) groups excluding carboxylic acids is 2. The molecule has 0 saturated carbocycles. The molecule has 2 N–H and O–H groups in total. The Bertz CT molecular complexity index is 748. The van der Waals surface area contributed by atoms with Crippen molar-refractivity contribution in [2.75, 3.05) is 5.32 Å². The van der Waals surface area contributed by atoms with Crippen molar-refractivity contribution >= 4 is 51.6 Å². The van der Waals surface area contributed by atoms with Crippen molar-refractivity contribution in [2.45, 2.75) is 20.3 Å². The van der Waals surface area contributed by atoms with Gasteiger partial charge in [-0.15, -0.1) is 0 Å². The first kappa shape index (κ1) is 17.0. The van der Waals surface area contributed by atoms with Crippen LogP contribution in [0.1, 0.15) is 34.5 Å². The number of nitrogens with zero attached hydrogens (tertiary/aromatic N) is 1. The maximum atomic E-state index is 12.2. The van der Waals surface area contributed by atoms with Gasteiger partial charge in [0.05, 0.1) is 16.8 Å². The third-order valence-corrected chi connectivity index (χ3v) is 4.05. The first-order chi connectivity index (χ1) is 11.0. The molecule has 0 radical (unpaired) electrons. The molecule has 0 aliphatic rings. The van der Waals surface area contributed by atoms with Gasteiger partial charge >= 0.3 is 0 Å². The lowest BCUT2D eigenvalue weighted by atomic mass is 10.2. The summed E-state index contributed by atoms with van der Waals surface area (Å²) in [4.78, 5) is 28.2. The smallest absolute Gasteiger partial charge is 0.225 e. The van der Waals surface area contributed by atoms with Gasteiger partial charge in [0.1, 0.15) is 5.76 Å². The van der Waals surface area contributed by atoms with Crippen LogP contribution in [-0.2, 0) is 4.79 Å². The molecule has 2 rings (SSSR count). The van der Waals surface area contributed by atoms with Crippen molar-refractivity contribution in [2.24, 2.45) is 0 Å². The van der Waals surface area contributed by atoms with Gasteiger partial charge in [0.25, 0.3) is 0 Å². The number of amides is 1. The normalized spacial score (nSPS) is 10.7. The number of ketones is 1. The highest BCUT2D eigenvalue weighted by molar-refractivity contribution is 7.80. The molecule has 0 unspecified atom stereocenters. The van der Waals surface area contributed by atoms with Crippen LogP contribution in [0.2, 0.25) is 0 Å². The molecule has 8 heteroatoms. The molecule has 0 saturated heterocycles. The van der Waals surface area contributed by atoms with E-state index in [0.717, 1.165) is 0 Å². The van der Waals surface area contributed by atoms with Gasteiger partial charge < -0.3 is 15.1 Å². The number of hydrogen-bond donors (Lipinski definition) is 2. The van der Waals surface area contributed by atoms with Crippen LogP contribution < -0.4 is 10.6 Å². The summed E-state index contributed by atoms with van der Waals surface area (Å²) < 4.78 is 5.13. The number of carbonyl (C=O) groups is 2. The van der Waals surface area contributed by atoms with Crippen molar-refractivity contribution in [3.8, 4) is 0 Å². The fourth-order valence-corrected chi connectivity index (χ4v) is 2.81. The second-order valence-electron chi connectivity index (χ2n) is 4.50. The summed E-state index contributed by atoms with van der Waals surface area (Å²) >= 11 is 6.19. The van der Waals surface area contributed by atoms with Crippen molar-refractivity contribution in [1.82, 2.24) is 10.3 Å². The number of aryl methyl sites for hydroxylation is 1. The first-order valence-electron chi connectivity index (χ1n) is 6.83. The molecule has 0 aliphatic heterocycles. The maximum absolute atomic E-state index is 12.2. The van der Waals surface area contributed by atoms with E-state index in [2.05, 4.69) is 15.6 Å². The number of furan rings is 1. The molecule has 0 aromatic carbocycles. The largest absolute Gasteiger partial charge is 0.465 e. The van der Waals surface area contributed by atoms with Crippen LogP contribution in [0.5, 0.6) is 0 Å². The van der Waals surface area contributed by atoms with Crippen molar-refractivity contribution < 1.29 is 14.0 Å². The average molecular weight is 349 g/mol. The van der Waals surface area contributed by atoms with Crippen molar-refractivity contribution in [3.05, 3.63) is 40.8 Å². The minimum atomic E-state index is -0.187. The summed E-state index contributed by atoms with van der Waals surface area (Å²) in [7, 11) is 0. The van der Waals surface area contributed by atoms with Crippen LogP contribution >= 0.6 is 23.6 Å². The summed E-state index contributed by atoms with van der Waals surface area (Å²) in [5.74, 6) is 0.240. The van der Waals surface area contributed by atoms with Gasteiger partial charge in [-0.1, -0.05) is 18.3 Å². The topological polar surface area (TPSA) is 84.2 Å². The van der Waals surface area contributed by atoms with Gasteiger partial charge in [-0.3, -0.25) is 9.59 Å². The highest BCUT2D eigenvalue weighted by atomic mass is 32.1. The Balaban J connectivity index is 2.04. The van der Waals surface area contributed by atoms with Crippen LogP contribution in [0.3, 0.4) is 0 Å². The van der Waals surface area contributed by atoms with E-state index in [9.17, 15) is 9.59 Å². The van der Waals surface area contributed by atoms with E-state index in [4.69, 9.17) is 16.6 Å². The zero-order valence-corrected chi connectivity index (χ0v) is 14.2. The summed E-state index contributed by atoms with van der Waals surface area (Å²) in [5.41, 5.74) is 0.594. The Labute approximate surface area is 142 Å². The van der Waals surface area contributed by atoms with Crippen LogP contribution in [0.4, 0.5) is 5.13 Å². The molecule has 2 aromatic heterocycles. The number of anilines is 1. The molecule has 1 amide bonds. The van der Waals surface area contributed by atoms with E-state index in [1.54, 1.807) is 32.1 Å². The molecule has 2 aromatic rings. The average Bonchev–Trinajstić information content (AvgIpc) is 3.14. The molecule has 0 spiro atoms. The third-order valence-electron chi connectivity index (χ3n) is 2.76. The standard InChI is InChI=1S/C15H15N3O3S2/c1-3-12(20)17-14(22)18-15-16-9(2)13(23-15)11(19)7-6-10-5-4-8-21-10/h4-8H,3H2,1-2H3,(H2,16,17,18,20,22)/b7-6+. The molecule has 0 bridgehead atoms. The van der Waals surface area contributed by atoms with Crippen LogP contribution in [-0.4, -0.2) is 21.8 Å². The van der Waals surface area contributed by atoms with Gasteiger partial charge in [-0.2, -0.15) is 0 Å². The predicted octanol–water partition coefficient (Wildman–Crippen LogP) is 3.16. The number of hydrogen-bond acceptors (Lipinski definition) is 6. The molecule has 0 fully saturated rings. The molecule has 0 aliphatic carbocycles. The van der Waals surface area contributed by atoms with E-state index < -0.39 is 0 Å². The Morgan fingerprint density at radius 1 is 1.48 bits per heavy atom. The van der Waals surface area contributed by atoms with Gasteiger partial charge in [0.2, 0.25) is 5.91 Å². The fourth-order valence-electron chi connectivity index (χ4n) is 1.64. The molecule has 120 valence electrons. The monoisotopic (exact) mass is 349 g/mol. The highest BCUT2D eigenvalue weighted by Gasteiger charge is 2.14. The Morgan fingerprint density at radius 3 is 2.91 bits per heavy atom. The fraction of sp³-hybridized carbons (Fsp3) is 0.200. The quantitative estimate of drug-likeness (QED) is 0.490. The zero-order chi connectivity index (χ0) is 16.8. The number of aromatic nitrogens is 1. The summed E-state index contributed by atoms with van der Waals surface area (Å²) in [5, 5.41) is 5.94. The number of allylic oxidation sites excluding steroid dienone is 1. The third kappa shape index (κ3) is 4.83. The Morgan fingerprint density at radius 2 is 2.26 bits per heavy atom. The lowest BCUT2D eigenvalue weighted by Crippen LogP contribution is -2.33. The molecule has 23 heavy (non-hydrogen) atoms. The first-order valence-corrected chi connectivity index (χ1v) is 8.06. The Hall–Kier alpha value is -2.32. The van der Waals surface area contributed by atoms with Crippen LogP contribution in [0.15, 0.2) is 28.9 Å². The van der Waals surface area contributed by atoms with Crippen LogP contribution in [0, 0.1) is 6.92 Å². The molecule has 0 atom stereocenters. The minimum Gasteiger partial charge on any atom is -0.465 e. The lowest BCUT2D eigenvalue weighted by molar-refractivity contribution is -0.119. The van der Waals surface area contributed by atoms with Crippen molar-refractivity contribution in [1.29, 1.82) is 0 Å². The summed E-state index contributed by atoms with van der Waals surface area (Å²) in [6.07, 6.45) is 4.90. The van der Waals surface area contributed by atoms with Gasteiger partial charge in [-0.25, -0.2) is 4.98 Å². The predicted molar refractivity (Wildman–Crippen MR) is 93.6 cm³/mol. The SMILES string of the molecule is CCC(=O)NC(=S)Nc1nc(C)c(C(=O)/C=C/c2ccco2)s1. The van der Waals surface area contributed by atoms with E-state index in [-0.39, 0.29) is 16.8 Å². The van der Waals surface area contributed by atoms with Gasteiger partial charge in [-0.05, 0) is 43.4 Å². The number of thiazole rings is 1. The summed E-state index contributed by atoms with van der Waals surface area (Å²) in [6, 6.07) is 3.50.